The number of pyridine rings is 2. The fraction of sp³-hybridized carbons (Fsp3) is 0.296. The van der Waals surface area contributed by atoms with Crippen molar-refractivity contribution in [3.63, 3.8) is 0 Å². The molecule has 0 radical (unpaired) electrons. The number of rotatable bonds is 7. The molecule has 0 aliphatic heterocycles. The quantitative estimate of drug-likeness (QED) is 0.341. The van der Waals surface area contributed by atoms with Gasteiger partial charge >= 0.3 is 0 Å². The number of aryl methyl sites for hydroxylation is 3. The molecule has 1 amide bonds. The Morgan fingerprint density at radius 2 is 1.89 bits per heavy atom. The average molecular weight is 511 g/mol. The first-order valence-corrected chi connectivity index (χ1v) is 11.7. The van der Waals surface area contributed by atoms with Gasteiger partial charge in [0.05, 0.1) is 0 Å². The first kappa shape index (κ1) is 26.0. The van der Waals surface area contributed by atoms with E-state index in [4.69, 9.17) is 4.74 Å². The number of hydrogen-bond donors (Lipinski definition) is 3. The highest BCUT2D eigenvalue weighted by Crippen LogP contribution is 2.39. The van der Waals surface area contributed by atoms with Crippen LogP contribution in [0.25, 0.3) is 22.0 Å². The van der Waals surface area contributed by atoms with Crippen molar-refractivity contribution in [3.05, 3.63) is 75.2 Å². The number of aromatic amines is 1. The summed E-state index contributed by atoms with van der Waals surface area (Å²) in [5, 5.41) is 13.7. The lowest BCUT2D eigenvalue weighted by atomic mass is 9.95. The van der Waals surface area contributed by atoms with Crippen LogP contribution in [-0.2, 0) is 12.6 Å². The van der Waals surface area contributed by atoms with Gasteiger partial charge in [0.2, 0.25) is 5.88 Å². The van der Waals surface area contributed by atoms with Crippen molar-refractivity contribution in [2.24, 2.45) is 7.05 Å². The smallest absolute Gasteiger partial charge is 0.274 e. The molecular formula is C27H28F2N4O4. The number of amides is 1. The van der Waals surface area contributed by atoms with Gasteiger partial charge in [-0.2, -0.15) is 0 Å². The Labute approximate surface area is 211 Å². The zero-order chi connectivity index (χ0) is 27.1. The van der Waals surface area contributed by atoms with Gasteiger partial charge in [-0.3, -0.25) is 9.59 Å². The second kappa shape index (κ2) is 9.78. The molecular weight excluding hydrogens is 482 g/mol. The third kappa shape index (κ3) is 4.84. The molecule has 3 aromatic heterocycles. The second-order valence-corrected chi connectivity index (χ2v) is 9.24. The molecule has 3 N–H and O–H groups in total. The molecule has 0 fully saturated rings. The minimum Gasteiger partial charge on any atom is -0.438 e. The summed E-state index contributed by atoms with van der Waals surface area (Å²) in [5.74, 6) is -0.307. The zero-order valence-electron chi connectivity index (χ0n) is 21.2. The molecule has 10 heteroatoms. The summed E-state index contributed by atoms with van der Waals surface area (Å²) in [7, 11) is 1.56. The molecule has 0 aliphatic carbocycles. The molecule has 1 atom stereocenters. The third-order valence-corrected chi connectivity index (χ3v) is 6.19. The summed E-state index contributed by atoms with van der Waals surface area (Å²) < 4.78 is 35.1. The Hall–Kier alpha value is -4.05. The van der Waals surface area contributed by atoms with Crippen molar-refractivity contribution in [2.75, 3.05) is 13.2 Å². The number of carbonyl (C=O) groups excluding carboxylic acids is 1. The number of hydrogen-bond acceptors (Lipinski definition) is 5. The molecule has 0 saturated carbocycles. The minimum absolute atomic E-state index is 0.0944. The number of carbonyl (C=O) groups is 1. The molecule has 4 rings (SSSR count). The number of aromatic nitrogens is 3. The lowest BCUT2D eigenvalue weighted by Gasteiger charge is -2.22. The average Bonchev–Trinajstić information content (AvgIpc) is 3.30. The number of nitrogens with one attached hydrogen (secondary N) is 2. The van der Waals surface area contributed by atoms with Crippen molar-refractivity contribution in [1.82, 2.24) is 19.9 Å². The van der Waals surface area contributed by atoms with Crippen LogP contribution in [0, 0.1) is 19.7 Å². The van der Waals surface area contributed by atoms with Gasteiger partial charge in [-0.15, -0.1) is 0 Å². The summed E-state index contributed by atoms with van der Waals surface area (Å²) in [6.45, 7) is 5.84. The number of aliphatic hydroxyl groups is 1. The van der Waals surface area contributed by atoms with Crippen molar-refractivity contribution >= 4 is 16.8 Å². The van der Waals surface area contributed by atoms with Crippen molar-refractivity contribution in [2.45, 2.75) is 33.3 Å². The maximum absolute atomic E-state index is 13.9. The number of H-pyrrole nitrogens is 1. The highest BCUT2D eigenvalue weighted by Gasteiger charge is 2.27. The van der Waals surface area contributed by atoms with Crippen LogP contribution in [0.15, 0.2) is 41.5 Å². The van der Waals surface area contributed by atoms with Gasteiger partial charge in [-0.25, -0.2) is 13.8 Å². The SMILES string of the molecule is CCNC(=O)c1cc2c(-c3cc(C(C)(O)CF)cnc3Oc3c(C)cc(F)cc3C)cn(C)c(=O)c2[nH]1. The highest BCUT2D eigenvalue weighted by molar-refractivity contribution is 6.03. The summed E-state index contributed by atoms with van der Waals surface area (Å²) in [5.41, 5.74) is 0.251. The van der Waals surface area contributed by atoms with Crippen LogP contribution >= 0.6 is 0 Å². The largest absolute Gasteiger partial charge is 0.438 e. The van der Waals surface area contributed by atoms with E-state index >= 15 is 0 Å². The van der Waals surface area contributed by atoms with Crippen LogP contribution < -0.4 is 15.6 Å². The van der Waals surface area contributed by atoms with E-state index in [9.17, 15) is 23.5 Å². The first-order valence-electron chi connectivity index (χ1n) is 11.7. The van der Waals surface area contributed by atoms with Crippen LogP contribution in [0.5, 0.6) is 11.6 Å². The van der Waals surface area contributed by atoms with Crippen molar-refractivity contribution in [1.29, 1.82) is 0 Å². The van der Waals surface area contributed by atoms with Crippen molar-refractivity contribution in [3.8, 4) is 22.8 Å². The van der Waals surface area contributed by atoms with Crippen LogP contribution in [0.2, 0.25) is 0 Å². The molecule has 0 aliphatic rings. The van der Waals surface area contributed by atoms with Gasteiger partial charge in [-0.05, 0) is 63.1 Å². The van der Waals surface area contributed by atoms with Gasteiger partial charge in [0, 0.05) is 48.1 Å². The van der Waals surface area contributed by atoms with Crippen LogP contribution in [-0.4, -0.2) is 38.8 Å². The standard InChI is InChI=1S/C27H28F2N4O4/c1-6-30-24(34)21-10-18-20(12-33(5)26(35)22(18)32-21)19-9-16(27(4,36)13-28)11-31-25(19)37-23-14(2)7-17(29)8-15(23)3/h7-12,32,36H,6,13H2,1-5H3,(H,30,34). The van der Waals surface area contributed by atoms with Gasteiger partial charge in [0.25, 0.3) is 11.5 Å². The number of nitrogens with zero attached hydrogens (tertiary/aromatic N) is 2. The zero-order valence-corrected chi connectivity index (χ0v) is 21.2. The fourth-order valence-corrected chi connectivity index (χ4v) is 4.18. The normalized spacial score (nSPS) is 13.0. The summed E-state index contributed by atoms with van der Waals surface area (Å²) in [6.07, 6.45) is 2.87. The molecule has 0 spiro atoms. The second-order valence-electron chi connectivity index (χ2n) is 9.24. The summed E-state index contributed by atoms with van der Waals surface area (Å²) >= 11 is 0. The minimum atomic E-state index is -1.83. The predicted octanol–water partition coefficient (Wildman–Crippen LogP) is 4.40. The van der Waals surface area contributed by atoms with Gasteiger partial charge < -0.3 is 24.7 Å². The Morgan fingerprint density at radius 1 is 1.22 bits per heavy atom. The topological polar surface area (TPSA) is 109 Å². The Bertz CT molecular complexity index is 1550. The first-order chi connectivity index (χ1) is 17.5. The molecule has 3 heterocycles. The van der Waals surface area contributed by atoms with E-state index in [0.717, 1.165) is 0 Å². The van der Waals surface area contributed by atoms with Crippen LogP contribution in [0.1, 0.15) is 41.0 Å². The van der Waals surface area contributed by atoms with E-state index in [1.807, 2.05) is 0 Å². The number of benzene rings is 1. The van der Waals surface area contributed by atoms with E-state index < -0.39 is 18.1 Å². The van der Waals surface area contributed by atoms with E-state index in [2.05, 4.69) is 15.3 Å². The maximum Gasteiger partial charge on any atom is 0.274 e. The molecule has 0 bridgehead atoms. The third-order valence-electron chi connectivity index (χ3n) is 6.19. The number of fused-ring (bicyclic) bond motifs is 1. The van der Waals surface area contributed by atoms with Gasteiger partial charge in [0.15, 0.2) is 0 Å². The lowest BCUT2D eigenvalue weighted by Crippen LogP contribution is -2.24. The number of ether oxygens (including phenoxy) is 1. The summed E-state index contributed by atoms with van der Waals surface area (Å²) in [4.78, 5) is 32.7. The Morgan fingerprint density at radius 3 is 2.51 bits per heavy atom. The molecule has 4 aromatic rings. The summed E-state index contributed by atoms with van der Waals surface area (Å²) in [6, 6.07) is 5.75. The predicted molar refractivity (Wildman–Crippen MR) is 136 cm³/mol. The molecule has 194 valence electrons. The molecule has 37 heavy (non-hydrogen) atoms. The maximum atomic E-state index is 13.9. The van der Waals surface area contributed by atoms with Crippen LogP contribution in [0.4, 0.5) is 8.78 Å². The molecule has 1 aromatic carbocycles. The highest BCUT2D eigenvalue weighted by atomic mass is 19.1. The van der Waals surface area contributed by atoms with Crippen molar-refractivity contribution < 1.29 is 23.4 Å². The van der Waals surface area contributed by atoms with Crippen LogP contribution in [0.3, 0.4) is 0 Å². The molecule has 1 unspecified atom stereocenters. The van der Waals surface area contributed by atoms with Gasteiger partial charge in [0.1, 0.15) is 35.1 Å². The molecule has 8 nitrogen and oxygen atoms in total. The fourth-order valence-electron chi connectivity index (χ4n) is 4.18. The molecule has 0 saturated heterocycles. The van der Waals surface area contributed by atoms with Gasteiger partial charge in [-0.1, -0.05) is 0 Å². The Balaban J connectivity index is 2.01. The number of halogens is 2. The monoisotopic (exact) mass is 510 g/mol. The Kier molecular flexibility index (Phi) is 6.88. The van der Waals surface area contributed by atoms with E-state index in [1.165, 1.54) is 35.9 Å². The van der Waals surface area contributed by atoms with E-state index in [1.54, 1.807) is 40.1 Å². The van der Waals surface area contributed by atoms with E-state index in [-0.39, 0.29) is 34.1 Å². The van der Waals surface area contributed by atoms with E-state index in [0.29, 0.717) is 39.9 Å². The lowest BCUT2D eigenvalue weighted by molar-refractivity contribution is 0.0296. The number of alkyl halides is 1.